The molecule has 2 heterocycles. The fourth-order valence-corrected chi connectivity index (χ4v) is 4.70. The summed E-state index contributed by atoms with van der Waals surface area (Å²) in [5, 5.41) is 7.04. The maximum absolute atomic E-state index is 12.9. The minimum Gasteiger partial charge on any atom is -0.354 e. The summed E-state index contributed by atoms with van der Waals surface area (Å²) in [7, 11) is -3.61. The maximum atomic E-state index is 12.9. The van der Waals surface area contributed by atoms with E-state index < -0.39 is 10.0 Å². The summed E-state index contributed by atoms with van der Waals surface area (Å²) in [6.45, 7) is 3.42. The van der Waals surface area contributed by atoms with E-state index in [0.717, 1.165) is 19.3 Å². The van der Waals surface area contributed by atoms with Crippen LogP contribution < -0.4 is 11.1 Å². The molecule has 1 amide bonds. The third-order valence-corrected chi connectivity index (χ3v) is 6.00. The lowest BCUT2D eigenvalue weighted by Gasteiger charge is -2.34. The van der Waals surface area contributed by atoms with Gasteiger partial charge in [0.1, 0.15) is 0 Å². The number of rotatable bonds is 7. The van der Waals surface area contributed by atoms with Gasteiger partial charge in [-0.25, -0.2) is 8.42 Å². The number of piperidine rings is 1. The minimum absolute atomic E-state index is 0.144. The molecule has 0 aromatic carbocycles. The van der Waals surface area contributed by atoms with Crippen LogP contribution in [-0.4, -0.2) is 54.1 Å². The van der Waals surface area contributed by atoms with E-state index in [0.29, 0.717) is 19.6 Å². The van der Waals surface area contributed by atoms with E-state index in [1.54, 1.807) is 0 Å². The lowest BCUT2D eigenvalue weighted by molar-refractivity contribution is -0.121. The summed E-state index contributed by atoms with van der Waals surface area (Å²) >= 11 is 0. The lowest BCUT2D eigenvalue weighted by Crippen LogP contribution is -2.49. The van der Waals surface area contributed by atoms with Crippen molar-refractivity contribution < 1.29 is 13.2 Å². The average Bonchev–Trinajstić information content (AvgIpc) is 3.03. The molecule has 1 saturated heterocycles. The van der Waals surface area contributed by atoms with Gasteiger partial charge in [-0.05, 0) is 25.8 Å². The zero-order valence-corrected chi connectivity index (χ0v) is 14.3. The average molecular weight is 343 g/mol. The first-order valence-electron chi connectivity index (χ1n) is 8.01. The Morgan fingerprint density at radius 3 is 2.96 bits per heavy atom. The van der Waals surface area contributed by atoms with Crippen molar-refractivity contribution in [1.82, 2.24) is 19.4 Å². The summed E-state index contributed by atoms with van der Waals surface area (Å²) in [6.07, 6.45) is 4.27. The Morgan fingerprint density at radius 1 is 1.48 bits per heavy atom. The van der Waals surface area contributed by atoms with Crippen LogP contribution in [0.5, 0.6) is 0 Å². The molecule has 130 valence electrons. The second kappa shape index (κ2) is 7.89. The molecule has 1 aromatic heterocycles. The number of sulfonamides is 1. The van der Waals surface area contributed by atoms with Gasteiger partial charge in [0.25, 0.3) is 10.0 Å². The van der Waals surface area contributed by atoms with Gasteiger partial charge < -0.3 is 11.1 Å². The number of nitrogens with two attached hydrogens (primary N) is 1. The predicted octanol–water partition coefficient (Wildman–Crippen LogP) is -0.0888. The monoisotopic (exact) mass is 343 g/mol. The van der Waals surface area contributed by atoms with E-state index >= 15 is 0 Å². The van der Waals surface area contributed by atoms with Crippen molar-refractivity contribution in [3.63, 3.8) is 0 Å². The molecular weight excluding hydrogens is 318 g/mol. The predicted molar refractivity (Wildman–Crippen MR) is 86.1 cm³/mol. The van der Waals surface area contributed by atoms with Crippen LogP contribution in [0.15, 0.2) is 17.3 Å². The molecule has 8 nitrogen and oxygen atoms in total. The van der Waals surface area contributed by atoms with E-state index in [-0.39, 0.29) is 29.9 Å². The quantitative estimate of drug-likeness (QED) is 0.719. The largest absolute Gasteiger partial charge is 0.354 e. The van der Waals surface area contributed by atoms with Crippen molar-refractivity contribution in [2.24, 2.45) is 5.73 Å². The molecule has 0 aliphatic carbocycles. The fourth-order valence-electron chi connectivity index (χ4n) is 2.84. The lowest BCUT2D eigenvalue weighted by atomic mass is 10.1. The maximum Gasteiger partial charge on any atom is 0.260 e. The topological polar surface area (TPSA) is 110 Å². The number of nitrogens with zero attached hydrogens (tertiary/aromatic N) is 3. The second-order valence-corrected chi connectivity index (χ2v) is 7.43. The van der Waals surface area contributed by atoms with Crippen molar-refractivity contribution >= 4 is 15.9 Å². The van der Waals surface area contributed by atoms with Crippen LogP contribution >= 0.6 is 0 Å². The standard InChI is InChI=1S/C14H25N5O3S/c1-2-18-14(7-9-17-18)23(21,22)19-10-4-3-5-12(19)11-16-13(20)6-8-15/h7,9,12H,2-6,8,10-11,15H2,1H3,(H,16,20). The van der Waals surface area contributed by atoms with Gasteiger partial charge in [-0.15, -0.1) is 0 Å². The van der Waals surface area contributed by atoms with Gasteiger partial charge >= 0.3 is 0 Å². The van der Waals surface area contributed by atoms with Crippen LogP contribution in [-0.2, 0) is 21.4 Å². The molecule has 9 heteroatoms. The van der Waals surface area contributed by atoms with Gasteiger partial charge in [-0.3, -0.25) is 9.48 Å². The molecule has 2 rings (SSSR count). The number of carbonyl (C=O) groups is 1. The minimum atomic E-state index is -3.61. The van der Waals surface area contributed by atoms with Gasteiger partial charge in [-0.1, -0.05) is 6.42 Å². The summed E-state index contributed by atoms with van der Waals surface area (Å²) in [5.41, 5.74) is 5.35. The Labute approximate surface area is 137 Å². The number of carbonyl (C=O) groups excluding carboxylic acids is 1. The highest BCUT2D eigenvalue weighted by molar-refractivity contribution is 7.89. The van der Waals surface area contributed by atoms with Crippen LogP contribution in [0.1, 0.15) is 32.6 Å². The van der Waals surface area contributed by atoms with Crippen molar-refractivity contribution in [3.05, 3.63) is 12.3 Å². The number of aryl methyl sites for hydroxylation is 1. The molecule has 1 aliphatic heterocycles. The van der Waals surface area contributed by atoms with Crippen LogP contribution in [0.3, 0.4) is 0 Å². The molecule has 23 heavy (non-hydrogen) atoms. The number of aromatic nitrogens is 2. The molecule has 1 atom stereocenters. The Hall–Kier alpha value is -1.45. The SMILES string of the molecule is CCn1nccc1S(=O)(=O)N1CCCCC1CNC(=O)CCN. The summed E-state index contributed by atoms with van der Waals surface area (Å²) in [5.74, 6) is -0.144. The Morgan fingerprint density at radius 2 is 2.26 bits per heavy atom. The smallest absolute Gasteiger partial charge is 0.260 e. The van der Waals surface area contributed by atoms with Crippen LogP contribution in [0.25, 0.3) is 0 Å². The van der Waals surface area contributed by atoms with E-state index in [1.807, 2.05) is 6.92 Å². The molecule has 0 spiro atoms. The summed E-state index contributed by atoms with van der Waals surface area (Å²) in [6, 6.07) is 1.30. The fraction of sp³-hybridized carbons (Fsp3) is 0.714. The first-order valence-corrected chi connectivity index (χ1v) is 9.45. The Kier molecular flexibility index (Phi) is 6.14. The van der Waals surface area contributed by atoms with Crippen LogP contribution in [0.2, 0.25) is 0 Å². The van der Waals surface area contributed by atoms with Gasteiger partial charge in [0.2, 0.25) is 5.91 Å². The molecule has 3 N–H and O–H groups in total. The molecule has 1 fully saturated rings. The van der Waals surface area contributed by atoms with Crippen molar-refractivity contribution in [2.45, 2.75) is 50.2 Å². The van der Waals surface area contributed by atoms with E-state index in [9.17, 15) is 13.2 Å². The van der Waals surface area contributed by atoms with Crippen molar-refractivity contribution in [1.29, 1.82) is 0 Å². The third-order valence-electron chi connectivity index (χ3n) is 4.03. The normalized spacial score (nSPS) is 19.7. The van der Waals surface area contributed by atoms with Gasteiger partial charge in [-0.2, -0.15) is 9.40 Å². The van der Waals surface area contributed by atoms with Crippen molar-refractivity contribution in [2.75, 3.05) is 19.6 Å². The van der Waals surface area contributed by atoms with Gasteiger partial charge in [0.05, 0.1) is 6.20 Å². The molecule has 0 saturated carbocycles. The highest BCUT2D eigenvalue weighted by Gasteiger charge is 2.35. The first kappa shape index (κ1) is 17.9. The zero-order chi connectivity index (χ0) is 16.9. The van der Waals surface area contributed by atoms with Crippen LogP contribution in [0, 0.1) is 0 Å². The number of hydrogen-bond acceptors (Lipinski definition) is 5. The summed E-state index contributed by atoms with van der Waals surface area (Å²) < 4.78 is 28.9. The molecule has 0 radical (unpaired) electrons. The van der Waals surface area contributed by atoms with E-state index in [4.69, 9.17) is 5.73 Å². The highest BCUT2D eigenvalue weighted by atomic mass is 32.2. The van der Waals surface area contributed by atoms with E-state index in [2.05, 4.69) is 10.4 Å². The third kappa shape index (κ3) is 4.10. The summed E-state index contributed by atoms with van der Waals surface area (Å²) in [4.78, 5) is 11.6. The Balaban J connectivity index is 2.15. The van der Waals surface area contributed by atoms with E-state index in [1.165, 1.54) is 21.3 Å². The zero-order valence-electron chi connectivity index (χ0n) is 13.4. The molecule has 1 aliphatic rings. The number of amides is 1. The molecule has 1 unspecified atom stereocenters. The van der Waals surface area contributed by atoms with Gasteiger partial charge in [0.15, 0.2) is 5.03 Å². The number of hydrogen-bond donors (Lipinski definition) is 2. The molecular formula is C14H25N5O3S. The molecule has 0 bridgehead atoms. The van der Waals surface area contributed by atoms with Gasteiger partial charge in [0, 0.05) is 38.6 Å². The van der Waals surface area contributed by atoms with Crippen molar-refractivity contribution in [3.8, 4) is 0 Å². The van der Waals surface area contributed by atoms with Crippen LogP contribution in [0.4, 0.5) is 0 Å². The molecule has 1 aromatic rings. The highest BCUT2D eigenvalue weighted by Crippen LogP contribution is 2.25. The number of nitrogens with one attached hydrogen (secondary N) is 1. The second-order valence-electron chi connectivity index (χ2n) is 5.59. The Bertz CT molecular complexity index is 628. The first-order chi connectivity index (χ1) is 11.0.